The molecule has 1 aromatic rings. The Bertz CT molecular complexity index is 421. The molecular formula is C11H18N4O2. The number of aromatic nitrogens is 2. The molecule has 2 heterocycles. The molecule has 0 aromatic carbocycles. The van der Waals surface area contributed by atoms with Crippen LogP contribution in [0.15, 0.2) is 0 Å². The maximum Gasteiger partial charge on any atom is 0.312 e. The van der Waals surface area contributed by atoms with E-state index in [2.05, 4.69) is 10.4 Å². The summed E-state index contributed by atoms with van der Waals surface area (Å²) >= 11 is 0. The van der Waals surface area contributed by atoms with Crippen molar-refractivity contribution in [1.82, 2.24) is 15.1 Å². The van der Waals surface area contributed by atoms with Crippen molar-refractivity contribution in [1.29, 1.82) is 0 Å². The summed E-state index contributed by atoms with van der Waals surface area (Å²) in [6, 6.07) is 0.390. The van der Waals surface area contributed by atoms with Crippen molar-refractivity contribution in [3.63, 3.8) is 0 Å². The van der Waals surface area contributed by atoms with E-state index in [-0.39, 0.29) is 10.6 Å². The zero-order valence-electron chi connectivity index (χ0n) is 10.3. The number of nitrogens with one attached hydrogen (secondary N) is 1. The fourth-order valence-corrected chi connectivity index (χ4v) is 2.42. The second-order valence-corrected chi connectivity index (χ2v) is 4.61. The minimum absolute atomic E-state index is 0.154. The Labute approximate surface area is 100 Å². The molecule has 1 aliphatic rings. The molecule has 94 valence electrons. The molecular weight excluding hydrogens is 220 g/mol. The number of piperidine rings is 1. The minimum atomic E-state index is -0.345. The molecule has 0 radical (unpaired) electrons. The van der Waals surface area contributed by atoms with Crippen molar-refractivity contribution >= 4 is 5.69 Å². The molecule has 1 aliphatic heterocycles. The van der Waals surface area contributed by atoms with Crippen molar-refractivity contribution in [2.75, 3.05) is 6.54 Å². The summed E-state index contributed by atoms with van der Waals surface area (Å²) in [5.74, 6) is 0. The first-order valence-electron chi connectivity index (χ1n) is 6.01. The van der Waals surface area contributed by atoms with Crippen LogP contribution in [0, 0.1) is 24.0 Å². The standard InChI is InChI=1S/C11H18N4O2/c1-8-11(15(16)17)9(2)14(13-8)7-10-5-3-4-6-12-10/h10,12H,3-7H2,1-2H3. The molecule has 1 unspecified atom stereocenters. The van der Waals surface area contributed by atoms with E-state index in [1.54, 1.807) is 18.5 Å². The van der Waals surface area contributed by atoms with Crippen LogP contribution in [-0.4, -0.2) is 27.3 Å². The molecule has 1 atom stereocenters. The highest BCUT2D eigenvalue weighted by molar-refractivity contribution is 5.39. The van der Waals surface area contributed by atoms with Gasteiger partial charge in [-0.15, -0.1) is 0 Å². The maximum absolute atomic E-state index is 10.9. The van der Waals surface area contributed by atoms with E-state index in [0.29, 0.717) is 17.4 Å². The predicted molar refractivity (Wildman–Crippen MR) is 64.0 cm³/mol. The Morgan fingerprint density at radius 3 is 2.82 bits per heavy atom. The van der Waals surface area contributed by atoms with Crippen LogP contribution >= 0.6 is 0 Å². The molecule has 0 amide bonds. The molecule has 2 rings (SSSR count). The molecule has 0 spiro atoms. The third-order valence-electron chi connectivity index (χ3n) is 3.33. The van der Waals surface area contributed by atoms with Gasteiger partial charge < -0.3 is 5.32 Å². The van der Waals surface area contributed by atoms with Crippen molar-refractivity contribution in [2.45, 2.75) is 45.7 Å². The zero-order valence-corrected chi connectivity index (χ0v) is 10.3. The first-order chi connectivity index (χ1) is 8.09. The van der Waals surface area contributed by atoms with Crippen LogP contribution in [0.4, 0.5) is 5.69 Å². The third-order valence-corrected chi connectivity index (χ3v) is 3.33. The van der Waals surface area contributed by atoms with Gasteiger partial charge >= 0.3 is 5.69 Å². The first-order valence-corrected chi connectivity index (χ1v) is 6.01. The van der Waals surface area contributed by atoms with Crippen LogP contribution in [-0.2, 0) is 6.54 Å². The molecule has 0 saturated carbocycles. The lowest BCUT2D eigenvalue weighted by molar-refractivity contribution is -0.386. The monoisotopic (exact) mass is 238 g/mol. The highest BCUT2D eigenvalue weighted by atomic mass is 16.6. The predicted octanol–water partition coefficient (Wildman–Crippen LogP) is 1.55. The van der Waals surface area contributed by atoms with Crippen LogP contribution < -0.4 is 5.32 Å². The summed E-state index contributed by atoms with van der Waals surface area (Å²) in [7, 11) is 0. The van der Waals surface area contributed by atoms with Crippen LogP contribution in [0.2, 0.25) is 0 Å². The number of rotatable bonds is 3. The molecule has 1 saturated heterocycles. The average Bonchev–Trinajstić information content (AvgIpc) is 2.55. The molecule has 1 N–H and O–H groups in total. The fraction of sp³-hybridized carbons (Fsp3) is 0.727. The summed E-state index contributed by atoms with van der Waals surface area (Å²) in [6.07, 6.45) is 3.55. The van der Waals surface area contributed by atoms with Gasteiger partial charge in [-0.3, -0.25) is 14.8 Å². The Morgan fingerprint density at radius 2 is 2.29 bits per heavy atom. The van der Waals surface area contributed by atoms with E-state index < -0.39 is 0 Å². The van der Waals surface area contributed by atoms with E-state index in [1.807, 2.05) is 0 Å². The number of nitro groups is 1. The quantitative estimate of drug-likeness (QED) is 0.640. The van der Waals surface area contributed by atoms with Crippen LogP contribution in [0.25, 0.3) is 0 Å². The van der Waals surface area contributed by atoms with Gasteiger partial charge in [0.15, 0.2) is 0 Å². The fourth-order valence-electron chi connectivity index (χ4n) is 2.42. The van der Waals surface area contributed by atoms with Crippen molar-refractivity contribution in [3.8, 4) is 0 Å². The number of aryl methyl sites for hydroxylation is 1. The lowest BCUT2D eigenvalue weighted by Gasteiger charge is -2.23. The number of nitrogens with zero attached hydrogens (tertiary/aromatic N) is 3. The van der Waals surface area contributed by atoms with Crippen LogP contribution in [0.1, 0.15) is 30.7 Å². The van der Waals surface area contributed by atoms with E-state index in [0.717, 1.165) is 19.5 Å². The average molecular weight is 238 g/mol. The molecule has 0 aliphatic carbocycles. The lowest BCUT2D eigenvalue weighted by atomic mass is 10.1. The second-order valence-electron chi connectivity index (χ2n) is 4.61. The Morgan fingerprint density at radius 1 is 1.53 bits per heavy atom. The largest absolute Gasteiger partial charge is 0.312 e. The molecule has 1 fully saturated rings. The molecule has 1 aromatic heterocycles. The molecule has 0 bridgehead atoms. The summed E-state index contributed by atoms with van der Waals surface area (Å²) in [6.45, 7) is 5.21. The van der Waals surface area contributed by atoms with Crippen LogP contribution in [0.5, 0.6) is 0 Å². The van der Waals surface area contributed by atoms with E-state index in [1.165, 1.54) is 12.8 Å². The Hall–Kier alpha value is -1.43. The van der Waals surface area contributed by atoms with Gasteiger partial charge in [0.05, 0.1) is 11.5 Å². The van der Waals surface area contributed by atoms with Gasteiger partial charge in [0.1, 0.15) is 11.4 Å². The van der Waals surface area contributed by atoms with Gasteiger partial charge in [0.25, 0.3) is 0 Å². The highest BCUT2D eigenvalue weighted by Crippen LogP contribution is 2.22. The lowest BCUT2D eigenvalue weighted by Crippen LogP contribution is -2.37. The number of hydrogen-bond acceptors (Lipinski definition) is 4. The van der Waals surface area contributed by atoms with Crippen molar-refractivity contribution in [2.24, 2.45) is 0 Å². The van der Waals surface area contributed by atoms with Gasteiger partial charge in [-0.25, -0.2) is 0 Å². The third kappa shape index (κ3) is 2.46. The summed E-state index contributed by atoms with van der Waals surface area (Å²) in [5.41, 5.74) is 1.31. The minimum Gasteiger partial charge on any atom is -0.312 e. The Kier molecular flexibility index (Phi) is 3.42. The molecule has 17 heavy (non-hydrogen) atoms. The van der Waals surface area contributed by atoms with Crippen molar-refractivity contribution < 1.29 is 4.92 Å². The Balaban J connectivity index is 2.15. The summed E-state index contributed by atoms with van der Waals surface area (Å²) in [4.78, 5) is 10.5. The number of hydrogen-bond donors (Lipinski definition) is 1. The normalized spacial score (nSPS) is 20.5. The van der Waals surface area contributed by atoms with Gasteiger partial charge in [0, 0.05) is 6.04 Å². The van der Waals surface area contributed by atoms with Crippen LogP contribution in [0.3, 0.4) is 0 Å². The second kappa shape index (κ2) is 4.83. The zero-order chi connectivity index (χ0) is 12.4. The van der Waals surface area contributed by atoms with Gasteiger partial charge in [-0.05, 0) is 33.2 Å². The maximum atomic E-state index is 10.9. The van der Waals surface area contributed by atoms with E-state index in [9.17, 15) is 10.1 Å². The van der Waals surface area contributed by atoms with Gasteiger partial charge in [-0.2, -0.15) is 5.10 Å². The van der Waals surface area contributed by atoms with E-state index >= 15 is 0 Å². The molecule has 6 heteroatoms. The van der Waals surface area contributed by atoms with Gasteiger partial charge in [-0.1, -0.05) is 6.42 Å². The SMILES string of the molecule is Cc1nn(CC2CCCCN2)c(C)c1[N+](=O)[O-]. The van der Waals surface area contributed by atoms with Gasteiger partial charge in [0.2, 0.25) is 0 Å². The topological polar surface area (TPSA) is 73.0 Å². The first kappa shape index (κ1) is 12.0. The van der Waals surface area contributed by atoms with Crippen molar-refractivity contribution in [3.05, 3.63) is 21.5 Å². The highest BCUT2D eigenvalue weighted by Gasteiger charge is 2.23. The summed E-state index contributed by atoms with van der Waals surface area (Å²) < 4.78 is 1.76. The van der Waals surface area contributed by atoms with E-state index in [4.69, 9.17) is 0 Å². The summed E-state index contributed by atoms with van der Waals surface area (Å²) in [5, 5.41) is 18.6. The molecule has 6 nitrogen and oxygen atoms in total. The smallest absolute Gasteiger partial charge is 0.312 e.